The van der Waals surface area contributed by atoms with Gasteiger partial charge in [0.25, 0.3) is 0 Å². The van der Waals surface area contributed by atoms with Crippen LogP contribution in [0.1, 0.15) is 316 Å². The highest BCUT2D eigenvalue weighted by atomic mass is 16.7. The Labute approximate surface area is 494 Å². The van der Waals surface area contributed by atoms with Crippen LogP contribution in [0.5, 0.6) is 0 Å². The van der Waals surface area contributed by atoms with Gasteiger partial charge in [-0.25, -0.2) is 4.79 Å². The van der Waals surface area contributed by atoms with Crippen molar-refractivity contribution in [2.24, 2.45) is 0 Å². The first-order chi connectivity index (χ1) is 39.6. The molecule has 0 radical (unpaired) electrons. The summed E-state index contributed by atoms with van der Waals surface area (Å²) in [6, 6.07) is 0. The van der Waals surface area contributed by atoms with Crippen molar-refractivity contribution in [2.75, 3.05) is 13.2 Å². The van der Waals surface area contributed by atoms with Gasteiger partial charge in [0.05, 0.1) is 6.61 Å². The van der Waals surface area contributed by atoms with Crippen LogP contribution in [0.2, 0.25) is 0 Å². The number of aliphatic hydroxyl groups excluding tert-OH is 2. The second-order valence-corrected chi connectivity index (χ2v) is 23.1. The molecule has 0 saturated carbocycles. The molecule has 1 rings (SSSR count). The number of aliphatic carboxylic acids is 1. The van der Waals surface area contributed by atoms with E-state index in [0.717, 1.165) is 96.3 Å². The van der Waals surface area contributed by atoms with E-state index in [1.54, 1.807) is 0 Å². The summed E-state index contributed by atoms with van der Waals surface area (Å²) < 4.78 is 28.6. The lowest BCUT2D eigenvalue weighted by Gasteiger charge is -2.40. The van der Waals surface area contributed by atoms with Gasteiger partial charge in [-0.1, -0.05) is 243 Å². The molecule has 1 saturated heterocycles. The predicted molar refractivity (Wildman–Crippen MR) is 331 cm³/mol. The van der Waals surface area contributed by atoms with E-state index < -0.39 is 67.3 Å². The number of carboxylic acids is 1. The first-order valence-electron chi connectivity index (χ1n) is 33.6. The van der Waals surface area contributed by atoms with E-state index >= 15 is 0 Å². The van der Waals surface area contributed by atoms with Gasteiger partial charge in [-0.3, -0.25) is 14.4 Å². The Morgan fingerprint density at radius 3 is 1.15 bits per heavy atom. The summed E-state index contributed by atoms with van der Waals surface area (Å²) in [5, 5.41) is 31.6. The van der Waals surface area contributed by atoms with E-state index in [9.17, 15) is 34.5 Å². The molecule has 1 aliphatic heterocycles. The van der Waals surface area contributed by atoms with Gasteiger partial charge >= 0.3 is 23.9 Å². The molecule has 81 heavy (non-hydrogen) atoms. The zero-order valence-corrected chi connectivity index (χ0v) is 52.0. The maximum absolute atomic E-state index is 13.2. The molecular weight excluding hydrogens is 1020 g/mol. The number of hydrogen-bond acceptors (Lipinski definition) is 11. The molecule has 0 bridgehead atoms. The van der Waals surface area contributed by atoms with Crippen LogP contribution in [0.15, 0.2) is 48.6 Å². The maximum atomic E-state index is 13.2. The van der Waals surface area contributed by atoms with Gasteiger partial charge in [0.1, 0.15) is 18.8 Å². The summed E-state index contributed by atoms with van der Waals surface area (Å²) in [7, 11) is 0. The minimum Gasteiger partial charge on any atom is -0.479 e. The Balaban J connectivity index is 2.65. The maximum Gasteiger partial charge on any atom is 0.335 e. The third-order valence-electron chi connectivity index (χ3n) is 15.3. The quantitative estimate of drug-likeness (QED) is 0.0228. The SMILES string of the molecule is CCCCC/C=C\C/C=C\CCCCCCCCCC(=O)OC(COC(=O)CCCCCCCCCCC/C=C\CCCCCCCC)COC1OC(C(=O)O)C(O)C(O)C1OC(=O)CCCCCCC/C=C\CCCCCCCC. The van der Waals surface area contributed by atoms with Gasteiger partial charge in [-0.2, -0.15) is 0 Å². The number of aliphatic hydroxyl groups is 2. The van der Waals surface area contributed by atoms with Crippen molar-refractivity contribution < 1.29 is 58.2 Å². The molecule has 470 valence electrons. The second kappa shape index (κ2) is 57.1. The summed E-state index contributed by atoms with van der Waals surface area (Å²) >= 11 is 0. The fourth-order valence-corrected chi connectivity index (χ4v) is 10.2. The number of hydrogen-bond donors (Lipinski definition) is 3. The highest BCUT2D eigenvalue weighted by molar-refractivity contribution is 5.74. The summed E-state index contributed by atoms with van der Waals surface area (Å²) in [4.78, 5) is 51.4. The van der Waals surface area contributed by atoms with Crippen molar-refractivity contribution in [1.29, 1.82) is 0 Å². The smallest absolute Gasteiger partial charge is 0.335 e. The van der Waals surface area contributed by atoms with E-state index in [-0.39, 0.29) is 25.9 Å². The molecule has 6 atom stereocenters. The monoisotopic (exact) mass is 1140 g/mol. The van der Waals surface area contributed by atoms with Crippen molar-refractivity contribution in [2.45, 2.75) is 353 Å². The number of rotatable bonds is 58. The number of unbranched alkanes of at least 4 members (excludes halogenated alkanes) is 36. The Morgan fingerprint density at radius 2 is 0.741 bits per heavy atom. The summed E-state index contributed by atoms with van der Waals surface area (Å²) in [6.07, 6.45) is 57.8. The lowest BCUT2D eigenvalue weighted by molar-refractivity contribution is -0.301. The van der Waals surface area contributed by atoms with Crippen LogP contribution < -0.4 is 0 Å². The molecule has 3 N–H and O–H groups in total. The van der Waals surface area contributed by atoms with Crippen molar-refractivity contribution in [3.63, 3.8) is 0 Å². The van der Waals surface area contributed by atoms with Gasteiger partial charge < -0.3 is 39.0 Å². The molecular formula is C69H122O12. The first kappa shape index (κ1) is 75.7. The van der Waals surface area contributed by atoms with Crippen LogP contribution in [0.3, 0.4) is 0 Å². The molecule has 1 heterocycles. The zero-order valence-electron chi connectivity index (χ0n) is 52.0. The van der Waals surface area contributed by atoms with E-state index in [0.29, 0.717) is 19.3 Å². The van der Waals surface area contributed by atoms with Crippen molar-refractivity contribution in [3.05, 3.63) is 48.6 Å². The standard InChI is InChI=1S/C69H122O12/c1-4-7-10-13-16-19-22-25-28-30-31-33-35-37-40-43-46-49-52-55-61(70)77-58-60(79-62(71)56-53-50-47-44-41-39-36-32-29-26-23-20-17-14-11-8-5-2)59-78-69-67(65(74)64(73)66(81-69)68(75)76)80-63(72)57-54-51-48-45-42-38-34-27-24-21-18-15-12-9-6-3/h17,20,25-29,34,60,64-67,69,73-74H,4-16,18-19,21-24,30-33,35-59H2,1-3H3,(H,75,76)/b20-17-,28-25-,29-26-,34-27-. The summed E-state index contributed by atoms with van der Waals surface area (Å²) in [6.45, 7) is 5.99. The molecule has 0 aromatic heterocycles. The van der Waals surface area contributed by atoms with Gasteiger partial charge in [-0.15, -0.1) is 0 Å². The van der Waals surface area contributed by atoms with Crippen LogP contribution in [-0.2, 0) is 42.9 Å². The fourth-order valence-electron chi connectivity index (χ4n) is 10.2. The molecule has 0 aromatic rings. The van der Waals surface area contributed by atoms with Gasteiger partial charge in [-0.05, 0) is 103 Å². The Bertz CT molecular complexity index is 1590. The van der Waals surface area contributed by atoms with Crippen LogP contribution in [-0.4, -0.2) is 89.2 Å². The zero-order chi connectivity index (χ0) is 58.9. The highest BCUT2D eigenvalue weighted by Crippen LogP contribution is 2.27. The minimum atomic E-state index is -1.91. The Hall–Kier alpha value is -3.32. The molecule has 0 amide bonds. The molecule has 0 aromatic carbocycles. The topological polar surface area (TPSA) is 175 Å². The summed E-state index contributed by atoms with van der Waals surface area (Å²) in [5.41, 5.74) is 0. The van der Waals surface area contributed by atoms with Crippen molar-refractivity contribution in [1.82, 2.24) is 0 Å². The number of carbonyl (C=O) groups is 4. The largest absolute Gasteiger partial charge is 0.479 e. The number of esters is 3. The predicted octanol–water partition coefficient (Wildman–Crippen LogP) is 18.1. The average Bonchev–Trinajstić information content (AvgIpc) is 3.52. The number of carbonyl (C=O) groups excluding carboxylic acids is 3. The minimum absolute atomic E-state index is 0.0512. The molecule has 1 aliphatic rings. The Morgan fingerprint density at radius 1 is 0.407 bits per heavy atom. The molecule has 0 aliphatic carbocycles. The van der Waals surface area contributed by atoms with E-state index in [2.05, 4.69) is 69.4 Å². The number of ether oxygens (including phenoxy) is 5. The molecule has 12 heteroatoms. The average molecular weight is 1140 g/mol. The van der Waals surface area contributed by atoms with Crippen molar-refractivity contribution in [3.8, 4) is 0 Å². The summed E-state index contributed by atoms with van der Waals surface area (Å²) in [5.74, 6) is -3.12. The lowest BCUT2D eigenvalue weighted by atomic mass is 9.98. The van der Waals surface area contributed by atoms with E-state index in [1.807, 2.05) is 0 Å². The normalized spacial score (nSPS) is 18.0. The van der Waals surface area contributed by atoms with Gasteiger partial charge in [0.2, 0.25) is 0 Å². The molecule has 6 unspecified atom stereocenters. The van der Waals surface area contributed by atoms with Crippen LogP contribution in [0, 0.1) is 0 Å². The fraction of sp³-hybridized carbons (Fsp3) is 0.826. The third-order valence-corrected chi connectivity index (χ3v) is 15.3. The molecule has 1 fully saturated rings. The highest BCUT2D eigenvalue weighted by Gasteiger charge is 2.50. The Kier molecular flexibility index (Phi) is 53.4. The van der Waals surface area contributed by atoms with Gasteiger partial charge in [0.15, 0.2) is 24.6 Å². The number of allylic oxidation sites excluding steroid dienone is 8. The number of carboxylic acid groups (broad SMARTS) is 1. The second-order valence-electron chi connectivity index (χ2n) is 23.1. The van der Waals surface area contributed by atoms with Crippen molar-refractivity contribution >= 4 is 23.9 Å². The van der Waals surface area contributed by atoms with Gasteiger partial charge in [0, 0.05) is 19.3 Å². The van der Waals surface area contributed by atoms with Crippen LogP contribution in [0.4, 0.5) is 0 Å². The van der Waals surface area contributed by atoms with E-state index in [4.69, 9.17) is 23.7 Å². The molecule has 12 nitrogen and oxygen atoms in total. The lowest BCUT2D eigenvalue weighted by Crippen LogP contribution is -2.61. The first-order valence-corrected chi connectivity index (χ1v) is 33.6. The van der Waals surface area contributed by atoms with Crippen LogP contribution in [0.25, 0.3) is 0 Å². The van der Waals surface area contributed by atoms with Crippen LogP contribution >= 0.6 is 0 Å². The molecule has 0 spiro atoms. The third kappa shape index (κ3) is 46.7. The van der Waals surface area contributed by atoms with E-state index in [1.165, 1.54) is 161 Å².